The molecule has 2 rings (SSSR count). The van der Waals surface area contributed by atoms with Crippen LogP contribution in [0.3, 0.4) is 0 Å². The molecule has 24 heavy (non-hydrogen) atoms. The minimum absolute atomic E-state index is 0.301. The Hall–Kier alpha value is -2.12. The maximum atomic E-state index is 12.0. The third-order valence-electron chi connectivity index (χ3n) is 4.10. The summed E-state index contributed by atoms with van der Waals surface area (Å²) in [5.74, 6) is 1.89. The van der Waals surface area contributed by atoms with Gasteiger partial charge in [0.25, 0.3) is 0 Å². The molecule has 1 amide bonds. The van der Waals surface area contributed by atoms with E-state index in [1.165, 1.54) is 12.7 Å². The predicted octanol–water partition coefficient (Wildman–Crippen LogP) is 0.663. The Morgan fingerprint density at radius 1 is 1.33 bits per heavy atom. The maximum Gasteiger partial charge on any atom is 0.222 e. The number of aromatic nitrogens is 3. The second-order valence-corrected chi connectivity index (χ2v) is 5.97. The van der Waals surface area contributed by atoms with E-state index in [1.54, 1.807) is 4.68 Å². The topological polar surface area (TPSA) is 87.4 Å². The van der Waals surface area contributed by atoms with Gasteiger partial charge in [-0.05, 0) is 26.2 Å². The van der Waals surface area contributed by atoms with E-state index < -0.39 is 0 Å². The van der Waals surface area contributed by atoms with Gasteiger partial charge in [-0.3, -0.25) is 9.48 Å². The predicted molar refractivity (Wildman–Crippen MR) is 93.5 cm³/mol. The fourth-order valence-electron chi connectivity index (χ4n) is 2.71. The molecule has 2 heterocycles. The molecule has 0 aliphatic carbocycles. The van der Waals surface area contributed by atoms with Crippen molar-refractivity contribution in [2.45, 2.75) is 45.6 Å². The molecular weight excluding hydrogens is 306 g/mol. The van der Waals surface area contributed by atoms with E-state index in [1.807, 2.05) is 18.9 Å². The van der Waals surface area contributed by atoms with Crippen LogP contribution in [0.4, 0.5) is 0 Å². The second-order valence-electron chi connectivity index (χ2n) is 5.97. The van der Waals surface area contributed by atoms with E-state index in [9.17, 15) is 4.79 Å². The number of amides is 1. The van der Waals surface area contributed by atoms with E-state index in [2.05, 4.69) is 25.7 Å². The molecule has 1 aromatic heterocycles. The summed E-state index contributed by atoms with van der Waals surface area (Å²) in [6.07, 6.45) is 6.48. The third-order valence-corrected chi connectivity index (χ3v) is 4.10. The lowest BCUT2D eigenvalue weighted by molar-refractivity contribution is -0.130. The molecule has 134 valence electrons. The Labute approximate surface area is 143 Å². The summed E-state index contributed by atoms with van der Waals surface area (Å²) < 4.78 is 1.72. The zero-order chi connectivity index (χ0) is 17.2. The highest BCUT2D eigenvalue weighted by Crippen LogP contribution is 2.11. The van der Waals surface area contributed by atoms with Crippen LogP contribution in [0.25, 0.3) is 0 Å². The van der Waals surface area contributed by atoms with Crippen LogP contribution >= 0.6 is 0 Å². The smallest absolute Gasteiger partial charge is 0.222 e. The number of hydrogen-bond acceptors (Lipinski definition) is 4. The lowest BCUT2D eigenvalue weighted by atomic mass is 10.2. The number of guanidine groups is 1. The third kappa shape index (κ3) is 5.82. The lowest BCUT2D eigenvalue weighted by Crippen LogP contribution is -2.39. The van der Waals surface area contributed by atoms with E-state index in [0.717, 1.165) is 57.2 Å². The first-order valence-corrected chi connectivity index (χ1v) is 8.83. The van der Waals surface area contributed by atoms with Crippen molar-refractivity contribution in [2.75, 3.05) is 26.2 Å². The Morgan fingerprint density at radius 3 is 2.96 bits per heavy atom. The molecule has 1 aromatic rings. The van der Waals surface area contributed by atoms with E-state index >= 15 is 0 Å². The SMILES string of the molecule is CCNC(=NCc1ncnn1C)NCCCN1CCCCCC1=O. The molecule has 2 N–H and O–H groups in total. The highest BCUT2D eigenvalue weighted by atomic mass is 16.2. The van der Waals surface area contributed by atoms with Crippen LogP contribution in [-0.2, 0) is 18.4 Å². The van der Waals surface area contributed by atoms with Gasteiger partial charge >= 0.3 is 0 Å². The van der Waals surface area contributed by atoms with Gasteiger partial charge in [-0.25, -0.2) is 9.98 Å². The summed E-state index contributed by atoms with van der Waals surface area (Å²) in [5, 5.41) is 10.6. The molecule has 1 fully saturated rings. The largest absolute Gasteiger partial charge is 0.357 e. The summed E-state index contributed by atoms with van der Waals surface area (Å²) in [5.41, 5.74) is 0. The van der Waals surface area contributed by atoms with Gasteiger partial charge in [0.1, 0.15) is 18.7 Å². The van der Waals surface area contributed by atoms with Crippen molar-refractivity contribution in [3.63, 3.8) is 0 Å². The lowest BCUT2D eigenvalue weighted by Gasteiger charge is -2.20. The molecule has 0 saturated carbocycles. The quantitative estimate of drug-likeness (QED) is 0.434. The minimum atomic E-state index is 0.301. The van der Waals surface area contributed by atoms with Gasteiger partial charge in [0.2, 0.25) is 5.91 Å². The molecular formula is C16H29N7O. The number of aryl methyl sites for hydroxylation is 1. The molecule has 1 aliphatic rings. The van der Waals surface area contributed by atoms with Crippen molar-refractivity contribution >= 4 is 11.9 Å². The number of rotatable bonds is 7. The van der Waals surface area contributed by atoms with Crippen molar-refractivity contribution in [1.82, 2.24) is 30.3 Å². The molecule has 1 saturated heterocycles. The molecule has 0 bridgehead atoms. The van der Waals surface area contributed by atoms with Crippen molar-refractivity contribution in [3.05, 3.63) is 12.2 Å². The molecule has 8 nitrogen and oxygen atoms in total. The zero-order valence-corrected chi connectivity index (χ0v) is 14.8. The van der Waals surface area contributed by atoms with Crippen LogP contribution < -0.4 is 10.6 Å². The molecule has 0 atom stereocenters. The van der Waals surface area contributed by atoms with Gasteiger partial charge < -0.3 is 15.5 Å². The monoisotopic (exact) mass is 335 g/mol. The van der Waals surface area contributed by atoms with E-state index in [0.29, 0.717) is 18.9 Å². The molecule has 0 aromatic carbocycles. The number of carbonyl (C=O) groups excluding carboxylic acids is 1. The van der Waals surface area contributed by atoms with Crippen molar-refractivity contribution in [1.29, 1.82) is 0 Å². The first-order chi connectivity index (χ1) is 11.7. The number of aliphatic imine (C=N–C) groups is 1. The number of nitrogens with one attached hydrogen (secondary N) is 2. The van der Waals surface area contributed by atoms with E-state index in [-0.39, 0.29) is 0 Å². The van der Waals surface area contributed by atoms with Crippen LogP contribution in [0, 0.1) is 0 Å². The zero-order valence-electron chi connectivity index (χ0n) is 14.8. The van der Waals surface area contributed by atoms with Gasteiger partial charge in [0, 0.05) is 39.6 Å². The first-order valence-electron chi connectivity index (χ1n) is 8.83. The Bertz CT molecular complexity index is 540. The highest BCUT2D eigenvalue weighted by molar-refractivity contribution is 5.79. The summed E-state index contributed by atoms with van der Waals surface area (Å²) in [4.78, 5) is 22.7. The van der Waals surface area contributed by atoms with Crippen LogP contribution in [-0.4, -0.2) is 57.7 Å². The molecule has 0 spiro atoms. The van der Waals surface area contributed by atoms with Crippen LogP contribution in [0.5, 0.6) is 0 Å². The number of carbonyl (C=O) groups is 1. The minimum Gasteiger partial charge on any atom is -0.357 e. The summed E-state index contributed by atoms with van der Waals surface area (Å²) in [6, 6.07) is 0. The number of likely N-dealkylation sites (tertiary alicyclic amines) is 1. The van der Waals surface area contributed by atoms with Gasteiger partial charge in [-0.1, -0.05) is 6.42 Å². The van der Waals surface area contributed by atoms with Crippen LogP contribution in [0.2, 0.25) is 0 Å². The number of nitrogens with zero attached hydrogens (tertiary/aromatic N) is 5. The van der Waals surface area contributed by atoms with Gasteiger partial charge in [-0.2, -0.15) is 5.10 Å². The summed E-state index contributed by atoms with van der Waals surface area (Å²) >= 11 is 0. The van der Waals surface area contributed by atoms with Gasteiger partial charge in [0.05, 0.1) is 0 Å². The first kappa shape index (κ1) is 18.2. The number of hydrogen-bond donors (Lipinski definition) is 2. The van der Waals surface area contributed by atoms with Crippen molar-refractivity contribution in [2.24, 2.45) is 12.0 Å². The molecule has 8 heteroatoms. The Kier molecular flexibility index (Phi) is 7.51. The second kappa shape index (κ2) is 9.89. The van der Waals surface area contributed by atoms with Crippen molar-refractivity contribution < 1.29 is 4.79 Å². The summed E-state index contributed by atoms with van der Waals surface area (Å²) in [6.45, 7) is 5.82. The average Bonchev–Trinajstić information content (AvgIpc) is 2.87. The van der Waals surface area contributed by atoms with Crippen molar-refractivity contribution in [3.8, 4) is 0 Å². The molecule has 0 unspecified atom stereocenters. The molecule has 1 aliphatic heterocycles. The molecule has 0 radical (unpaired) electrons. The Balaban J connectivity index is 1.74. The van der Waals surface area contributed by atoms with Crippen LogP contribution in [0.15, 0.2) is 11.3 Å². The van der Waals surface area contributed by atoms with Crippen LogP contribution in [0.1, 0.15) is 44.9 Å². The average molecular weight is 335 g/mol. The summed E-state index contributed by atoms with van der Waals surface area (Å²) in [7, 11) is 1.86. The standard InChI is InChI=1S/C16H29N7O/c1-3-17-16(19-12-14-20-13-21-22(14)2)18-9-7-11-23-10-6-4-5-8-15(23)24/h13H,3-12H2,1-2H3,(H2,17,18,19). The van der Waals surface area contributed by atoms with Gasteiger partial charge in [-0.15, -0.1) is 0 Å². The normalized spacial score (nSPS) is 16.2. The maximum absolute atomic E-state index is 12.0. The van der Waals surface area contributed by atoms with E-state index in [4.69, 9.17) is 0 Å². The Morgan fingerprint density at radius 2 is 2.21 bits per heavy atom. The van der Waals surface area contributed by atoms with Gasteiger partial charge in [0.15, 0.2) is 5.96 Å². The fourth-order valence-corrected chi connectivity index (χ4v) is 2.71. The highest BCUT2D eigenvalue weighted by Gasteiger charge is 2.15. The fraction of sp³-hybridized carbons (Fsp3) is 0.750.